The minimum Gasteiger partial charge on any atom is -0.481 e. The molecule has 1 aromatic heterocycles. The Hall–Kier alpha value is -1.85. The van der Waals surface area contributed by atoms with Gasteiger partial charge >= 0.3 is 5.97 Å². The van der Waals surface area contributed by atoms with Gasteiger partial charge in [0.2, 0.25) is 11.8 Å². The van der Waals surface area contributed by atoms with E-state index in [0.29, 0.717) is 18.5 Å². The lowest BCUT2D eigenvalue weighted by molar-refractivity contribution is -0.151. The van der Waals surface area contributed by atoms with E-state index >= 15 is 0 Å². The van der Waals surface area contributed by atoms with E-state index in [4.69, 9.17) is 4.52 Å². The molecule has 0 unspecified atom stereocenters. The third-order valence-corrected chi connectivity index (χ3v) is 3.20. The van der Waals surface area contributed by atoms with E-state index in [1.54, 1.807) is 26.8 Å². The number of amides is 1. The summed E-state index contributed by atoms with van der Waals surface area (Å²) in [5.74, 6) is -1.09. The molecule has 6 heteroatoms. The second-order valence-electron chi connectivity index (χ2n) is 4.35. The first kappa shape index (κ1) is 14.2. The molecule has 1 rings (SSSR count). The van der Waals surface area contributed by atoms with Gasteiger partial charge in [-0.3, -0.25) is 14.9 Å². The molecule has 0 aliphatic carbocycles. The summed E-state index contributed by atoms with van der Waals surface area (Å²) in [6.45, 7) is 5.27. The number of carbonyl (C=O) groups is 2. The summed E-state index contributed by atoms with van der Waals surface area (Å²) in [5.41, 5.74) is -0.361. The summed E-state index contributed by atoms with van der Waals surface area (Å²) < 4.78 is 4.85. The van der Waals surface area contributed by atoms with Gasteiger partial charge < -0.3 is 9.63 Å². The monoisotopic (exact) mass is 254 g/mol. The number of nitrogens with zero attached hydrogens (tertiary/aromatic N) is 1. The fraction of sp³-hybridized carbons (Fsp3) is 0.583. The van der Waals surface area contributed by atoms with Gasteiger partial charge in [-0.15, -0.1) is 0 Å². The number of aryl methyl sites for hydroxylation is 1. The third kappa shape index (κ3) is 3.09. The van der Waals surface area contributed by atoms with Crippen LogP contribution in [0.3, 0.4) is 0 Å². The predicted molar refractivity (Wildman–Crippen MR) is 65.1 cm³/mol. The molecule has 0 saturated carbocycles. The van der Waals surface area contributed by atoms with Crippen LogP contribution in [0, 0.1) is 12.3 Å². The van der Waals surface area contributed by atoms with Crippen LogP contribution in [0.5, 0.6) is 0 Å². The molecule has 0 aliphatic rings. The molecule has 0 saturated heterocycles. The lowest BCUT2D eigenvalue weighted by Gasteiger charge is -2.25. The quantitative estimate of drug-likeness (QED) is 0.811. The number of rotatable bonds is 6. The molecule has 6 nitrogen and oxygen atoms in total. The van der Waals surface area contributed by atoms with Gasteiger partial charge in [-0.05, 0) is 19.8 Å². The molecule has 2 N–H and O–H groups in total. The first-order valence-electron chi connectivity index (χ1n) is 5.90. The highest BCUT2D eigenvalue weighted by atomic mass is 16.5. The topological polar surface area (TPSA) is 92.4 Å². The van der Waals surface area contributed by atoms with Crippen molar-refractivity contribution in [2.24, 2.45) is 5.41 Å². The van der Waals surface area contributed by atoms with E-state index in [9.17, 15) is 14.7 Å². The van der Waals surface area contributed by atoms with Gasteiger partial charge in [0, 0.05) is 12.5 Å². The van der Waals surface area contributed by atoms with Crippen LogP contribution in [0.2, 0.25) is 0 Å². The molecule has 0 spiro atoms. The van der Waals surface area contributed by atoms with Gasteiger partial charge in [0.25, 0.3) is 0 Å². The van der Waals surface area contributed by atoms with Crippen molar-refractivity contribution in [2.45, 2.75) is 40.0 Å². The largest absolute Gasteiger partial charge is 0.481 e. The lowest BCUT2D eigenvalue weighted by Crippen LogP contribution is -2.34. The molecule has 0 aliphatic heterocycles. The van der Waals surface area contributed by atoms with E-state index in [0.717, 1.165) is 0 Å². The molecule has 0 aromatic carbocycles. The maximum Gasteiger partial charge on any atom is 0.310 e. The molecular weight excluding hydrogens is 236 g/mol. The van der Waals surface area contributed by atoms with Crippen LogP contribution in [0.1, 0.15) is 38.8 Å². The van der Waals surface area contributed by atoms with Crippen molar-refractivity contribution in [3.63, 3.8) is 0 Å². The van der Waals surface area contributed by atoms with Crippen molar-refractivity contribution in [1.82, 2.24) is 5.16 Å². The smallest absolute Gasteiger partial charge is 0.310 e. The predicted octanol–water partition coefficient (Wildman–Crippen LogP) is 2.20. The van der Waals surface area contributed by atoms with Crippen molar-refractivity contribution in [3.05, 3.63) is 11.8 Å². The highest BCUT2D eigenvalue weighted by molar-refractivity contribution is 5.93. The maximum atomic E-state index is 11.8. The number of hydrogen-bond donors (Lipinski definition) is 2. The van der Waals surface area contributed by atoms with Crippen molar-refractivity contribution >= 4 is 17.8 Å². The number of aliphatic carboxylic acids is 1. The van der Waals surface area contributed by atoms with Crippen LogP contribution in [0.15, 0.2) is 10.6 Å². The second kappa shape index (κ2) is 5.66. The van der Waals surface area contributed by atoms with Crippen molar-refractivity contribution in [1.29, 1.82) is 0 Å². The first-order valence-corrected chi connectivity index (χ1v) is 5.90. The average Bonchev–Trinajstić information content (AvgIpc) is 2.71. The van der Waals surface area contributed by atoms with Gasteiger partial charge in [-0.2, -0.15) is 0 Å². The Balaban J connectivity index is 2.70. The Bertz CT molecular complexity index is 435. The zero-order valence-corrected chi connectivity index (χ0v) is 10.8. The van der Waals surface area contributed by atoms with E-state index in [2.05, 4.69) is 10.5 Å². The molecule has 1 aromatic rings. The zero-order valence-electron chi connectivity index (χ0n) is 10.8. The molecule has 0 fully saturated rings. The average molecular weight is 254 g/mol. The third-order valence-electron chi connectivity index (χ3n) is 3.20. The lowest BCUT2D eigenvalue weighted by atomic mass is 9.79. The summed E-state index contributed by atoms with van der Waals surface area (Å²) in [5, 5.41) is 15.4. The zero-order chi connectivity index (χ0) is 13.8. The molecule has 1 amide bonds. The van der Waals surface area contributed by atoms with Crippen molar-refractivity contribution < 1.29 is 19.2 Å². The van der Waals surface area contributed by atoms with Gasteiger partial charge in [0.15, 0.2) is 0 Å². The van der Waals surface area contributed by atoms with E-state index < -0.39 is 11.4 Å². The van der Waals surface area contributed by atoms with Crippen molar-refractivity contribution in [2.75, 3.05) is 5.32 Å². The summed E-state index contributed by atoms with van der Waals surface area (Å²) in [6, 6.07) is 1.58. The molecule has 0 atom stereocenters. The maximum absolute atomic E-state index is 11.8. The molecule has 0 radical (unpaired) electrons. The van der Waals surface area contributed by atoms with Crippen LogP contribution in [-0.4, -0.2) is 22.1 Å². The summed E-state index contributed by atoms with van der Waals surface area (Å²) >= 11 is 0. The van der Waals surface area contributed by atoms with E-state index in [-0.39, 0.29) is 18.2 Å². The summed E-state index contributed by atoms with van der Waals surface area (Å²) in [7, 11) is 0. The number of carboxylic acid groups (broad SMARTS) is 1. The number of carboxylic acids is 1. The normalized spacial score (nSPS) is 11.3. The van der Waals surface area contributed by atoms with Gasteiger partial charge in [-0.1, -0.05) is 19.0 Å². The summed E-state index contributed by atoms with van der Waals surface area (Å²) in [6.07, 6.45) is 0.735. The molecular formula is C12H18N2O4. The highest BCUT2D eigenvalue weighted by Crippen LogP contribution is 2.31. The molecule has 1 heterocycles. The Morgan fingerprint density at radius 1 is 1.44 bits per heavy atom. The number of hydrogen-bond acceptors (Lipinski definition) is 4. The van der Waals surface area contributed by atoms with Crippen LogP contribution in [-0.2, 0) is 9.59 Å². The number of carbonyl (C=O) groups excluding carboxylic acids is 1. The Morgan fingerprint density at radius 3 is 2.44 bits per heavy atom. The van der Waals surface area contributed by atoms with E-state index in [1.807, 2.05) is 0 Å². The Kier molecular flexibility index (Phi) is 4.47. The number of nitrogens with one attached hydrogen (secondary N) is 1. The minimum absolute atomic E-state index is 0.0743. The molecule has 100 valence electrons. The second-order valence-corrected chi connectivity index (χ2v) is 4.35. The van der Waals surface area contributed by atoms with E-state index in [1.165, 1.54) is 0 Å². The van der Waals surface area contributed by atoms with Crippen LogP contribution in [0.4, 0.5) is 5.88 Å². The van der Waals surface area contributed by atoms with Crippen molar-refractivity contribution in [3.8, 4) is 0 Å². The van der Waals surface area contributed by atoms with Gasteiger partial charge in [-0.25, -0.2) is 0 Å². The first-order chi connectivity index (χ1) is 8.43. The van der Waals surface area contributed by atoms with Crippen LogP contribution in [0.25, 0.3) is 0 Å². The van der Waals surface area contributed by atoms with Crippen LogP contribution >= 0.6 is 0 Å². The molecule has 0 bridgehead atoms. The SMILES string of the molecule is CCC(CC)(CC(=O)Nc1cc(C)no1)C(=O)O. The Morgan fingerprint density at radius 2 is 2.06 bits per heavy atom. The number of anilines is 1. The highest BCUT2D eigenvalue weighted by Gasteiger charge is 2.37. The number of aromatic nitrogens is 1. The molecule has 18 heavy (non-hydrogen) atoms. The Labute approximate surface area is 105 Å². The van der Waals surface area contributed by atoms with Gasteiger partial charge in [0.05, 0.1) is 11.1 Å². The van der Waals surface area contributed by atoms with Crippen LogP contribution < -0.4 is 5.32 Å². The van der Waals surface area contributed by atoms with Gasteiger partial charge in [0.1, 0.15) is 0 Å². The summed E-state index contributed by atoms with van der Waals surface area (Å²) in [4.78, 5) is 23.1. The standard InChI is InChI=1S/C12H18N2O4/c1-4-12(5-2,11(16)17)7-9(15)13-10-6-8(3)14-18-10/h6H,4-5,7H2,1-3H3,(H,13,15)(H,16,17). The minimum atomic E-state index is -1.01. The fourth-order valence-corrected chi connectivity index (χ4v) is 1.79. The fourth-order valence-electron chi connectivity index (χ4n) is 1.79.